The van der Waals surface area contributed by atoms with Gasteiger partial charge in [0.05, 0.1) is 0 Å². The smallest absolute Gasteiger partial charge is 0.123 e. The van der Waals surface area contributed by atoms with Crippen molar-refractivity contribution >= 4 is 11.6 Å². The molecule has 0 heterocycles. The minimum absolute atomic E-state index is 0.194. The predicted octanol–water partition coefficient (Wildman–Crippen LogP) is 4.05. The quantitative estimate of drug-likeness (QED) is 0.822. The Bertz CT molecular complexity index is 413. The number of halogens is 2. The first-order valence-corrected chi connectivity index (χ1v) is 7.03. The molecule has 2 rings (SSSR count). The van der Waals surface area contributed by atoms with Gasteiger partial charge in [-0.1, -0.05) is 25.4 Å². The van der Waals surface area contributed by atoms with Crippen LogP contribution in [0.2, 0.25) is 5.02 Å². The summed E-state index contributed by atoms with van der Waals surface area (Å²) in [5, 5.41) is 4.19. The molecule has 1 saturated carbocycles. The lowest BCUT2D eigenvalue weighted by atomic mass is 9.96. The van der Waals surface area contributed by atoms with Crippen LogP contribution >= 0.6 is 11.6 Å². The maximum atomic E-state index is 13.2. The number of nitrogens with one attached hydrogen (secondary N) is 1. The van der Waals surface area contributed by atoms with E-state index in [0.717, 1.165) is 25.1 Å². The Morgan fingerprint density at radius 1 is 1.39 bits per heavy atom. The van der Waals surface area contributed by atoms with Gasteiger partial charge in [0, 0.05) is 11.6 Å². The summed E-state index contributed by atoms with van der Waals surface area (Å²) in [5.41, 5.74) is 1.26. The van der Waals surface area contributed by atoms with Crippen molar-refractivity contribution in [1.82, 2.24) is 5.32 Å². The van der Waals surface area contributed by atoms with E-state index in [-0.39, 0.29) is 5.82 Å². The van der Waals surface area contributed by atoms with Gasteiger partial charge in [-0.3, -0.25) is 0 Å². The minimum atomic E-state index is -0.194. The van der Waals surface area contributed by atoms with Crippen LogP contribution in [-0.2, 0) is 6.42 Å². The highest BCUT2D eigenvalue weighted by molar-refractivity contribution is 6.31. The molecule has 0 saturated heterocycles. The average Bonchev–Trinajstić information content (AvgIpc) is 3.03. The summed E-state index contributed by atoms with van der Waals surface area (Å²) < 4.78 is 13.2. The second-order valence-corrected chi connectivity index (χ2v) is 6.34. The van der Waals surface area contributed by atoms with Crippen LogP contribution in [0.25, 0.3) is 0 Å². The Hall–Kier alpha value is -0.600. The molecule has 1 nitrogen and oxygen atoms in total. The number of hydrogen-bond donors (Lipinski definition) is 1. The standard InChI is InChI=1S/C15H21ClFN/c1-11(2)9-18-10-15(5-6-15)8-12-7-13(17)3-4-14(12)16/h3-4,7,11,18H,5-6,8-10H2,1-2H3. The highest BCUT2D eigenvalue weighted by Gasteiger charge is 2.42. The third kappa shape index (κ3) is 3.69. The van der Waals surface area contributed by atoms with Crippen LogP contribution in [-0.4, -0.2) is 13.1 Å². The second kappa shape index (κ2) is 5.58. The third-order valence-corrected chi connectivity index (χ3v) is 3.95. The molecule has 18 heavy (non-hydrogen) atoms. The van der Waals surface area contributed by atoms with Crippen molar-refractivity contribution in [3.63, 3.8) is 0 Å². The Balaban J connectivity index is 1.94. The third-order valence-electron chi connectivity index (χ3n) is 3.58. The Kier molecular flexibility index (Phi) is 4.29. The fourth-order valence-corrected chi connectivity index (χ4v) is 2.49. The summed E-state index contributed by atoms with van der Waals surface area (Å²) in [4.78, 5) is 0. The second-order valence-electron chi connectivity index (χ2n) is 5.94. The topological polar surface area (TPSA) is 12.0 Å². The monoisotopic (exact) mass is 269 g/mol. The van der Waals surface area contributed by atoms with Gasteiger partial charge < -0.3 is 5.32 Å². The normalized spacial score (nSPS) is 17.2. The van der Waals surface area contributed by atoms with E-state index in [1.54, 1.807) is 12.1 Å². The number of rotatable bonds is 6. The van der Waals surface area contributed by atoms with E-state index >= 15 is 0 Å². The molecule has 1 aromatic rings. The molecule has 0 aliphatic heterocycles. The van der Waals surface area contributed by atoms with Crippen molar-refractivity contribution in [2.75, 3.05) is 13.1 Å². The molecule has 1 N–H and O–H groups in total. The van der Waals surface area contributed by atoms with Crippen molar-refractivity contribution in [2.24, 2.45) is 11.3 Å². The lowest BCUT2D eigenvalue weighted by Gasteiger charge is -2.18. The molecule has 0 unspecified atom stereocenters. The zero-order valence-electron chi connectivity index (χ0n) is 11.1. The molecule has 0 amide bonds. The van der Waals surface area contributed by atoms with Gasteiger partial charge in [0.15, 0.2) is 0 Å². The van der Waals surface area contributed by atoms with E-state index in [1.165, 1.54) is 18.9 Å². The van der Waals surface area contributed by atoms with Gasteiger partial charge in [0.25, 0.3) is 0 Å². The summed E-state index contributed by atoms with van der Waals surface area (Å²) in [7, 11) is 0. The first-order valence-electron chi connectivity index (χ1n) is 6.65. The van der Waals surface area contributed by atoms with Crippen molar-refractivity contribution in [3.05, 3.63) is 34.6 Å². The summed E-state index contributed by atoms with van der Waals surface area (Å²) in [5.74, 6) is 0.471. The predicted molar refractivity (Wildman–Crippen MR) is 74.5 cm³/mol. The van der Waals surface area contributed by atoms with Gasteiger partial charge in [0.2, 0.25) is 0 Å². The molecule has 1 aliphatic carbocycles. The Morgan fingerprint density at radius 2 is 2.11 bits per heavy atom. The van der Waals surface area contributed by atoms with Gasteiger partial charge in [-0.15, -0.1) is 0 Å². The highest BCUT2D eigenvalue weighted by Crippen LogP contribution is 2.48. The maximum absolute atomic E-state index is 13.2. The van der Waals surface area contributed by atoms with Crippen LogP contribution in [0.4, 0.5) is 4.39 Å². The SMILES string of the molecule is CC(C)CNCC1(Cc2cc(F)ccc2Cl)CC1. The summed E-state index contributed by atoms with van der Waals surface area (Å²) in [6.45, 7) is 6.46. The molecule has 100 valence electrons. The van der Waals surface area contributed by atoms with E-state index in [4.69, 9.17) is 11.6 Å². The van der Waals surface area contributed by atoms with Crippen molar-refractivity contribution in [3.8, 4) is 0 Å². The number of benzene rings is 1. The van der Waals surface area contributed by atoms with E-state index < -0.39 is 0 Å². The van der Waals surface area contributed by atoms with Crippen molar-refractivity contribution in [1.29, 1.82) is 0 Å². The number of hydrogen-bond acceptors (Lipinski definition) is 1. The Morgan fingerprint density at radius 3 is 2.72 bits per heavy atom. The molecule has 0 radical (unpaired) electrons. The van der Waals surface area contributed by atoms with Crippen LogP contribution in [0.5, 0.6) is 0 Å². The molecule has 0 spiro atoms. The molecular weight excluding hydrogens is 249 g/mol. The van der Waals surface area contributed by atoms with Gasteiger partial charge in [0.1, 0.15) is 5.82 Å². The molecule has 0 bridgehead atoms. The fraction of sp³-hybridized carbons (Fsp3) is 0.600. The van der Waals surface area contributed by atoms with Crippen molar-refractivity contribution < 1.29 is 4.39 Å². The minimum Gasteiger partial charge on any atom is -0.316 e. The molecular formula is C15H21ClFN. The van der Waals surface area contributed by atoms with E-state index in [2.05, 4.69) is 19.2 Å². The molecule has 1 aromatic carbocycles. The van der Waals surface area contributed by atoms with Gasteiger partial charge in [-0.25, -0.2) is 4.39 Å². The molecule has 0 atom stereocenters. The van der Waals surface area contributed by atoms with E-state index in [9.17, 15) is 4.39 Å². The average molecular weight is 270 g/mol. The molecule has 1 fully saturated rings. The van der Waals surface area contributed by atoms with Crippen LogP contribution in [0.15, 0.2) is 18.2 Å². The zero-order chi connectivity index (χ0) is 13.2. The van der Waals surface area contributed by atoms with E-state index in [1.807, 2.05) is 0 Å². The zero-order valence-corrected chi connectivity index (χ0v) is 11.9. The fourth-order valence-electron chi connectivity index (χ4n) is 2.30. The lowest BCUT2D eigenvalue weighted by Crippen LogP contribution is -2.28. The molecule has 0 aromatic heterocycles. The summed E-state index contributed by atoms with van der Waals surface area (Å²) in [6.07, 6.45) is 3.31. The highest BCUT2D eigenvalue weighted by atomic mass is 35.5. The van der Waals surface area contributed by atoms with Crippen molar-refractivity contribution in [2.45, 2.75) is 33.1 Å². The van der Waals surface area contributed by atoms with Crippen LogP contribution in [0.1, 0.15) is 32.3 Å². The maximum Gasteiger partial charge on any atom is 0.123 e. The largest absolute Gasteiger partial charge is 0.316 e. The summed E-state index contributed by atoms with van der Waals surface area (Å²) >= 11 is 6.13. The van der Waals surface area contributed by atoms with Crippen LogP contribution in [0, 0.1) is 17.2 Å². The van der Waals surface area contributed by atoms with Gasteiger partial charge >= 0.3 is 0 Å². The molecule has 3 heteroatoms. The summed E-state index contributed by atoms with van der Waals surface area (Å²) in [6, 6.07) is 4.65. The first-order chi connectivity index (χ1) is 8.51. The lowest BCUT2D eigenvalue weighted by molar-refractivity contribution is 0.431. The van der Waals surface area contributed by atoms with Crippen LogP contribution in [0.3, 0.4) is 0 Å². The van der Waals surface area contributed by atoms with Gasteiger partial charge in [-0.2, -0.15) is 0 Å². The first kappa shape index (κ1) is 13.8. The van der Waals surface area contributed by atoms with Crippen LogP contribution < -0.4 is 5.32 Å². The van der Waals surface area contributed by atoms with Gasteiger partial charge in [-0.05, 0) is 60.9 Å². The Labute approximate surface area is 114 Å². The van der Waals surface area contributed by atoms with E-state index in [0.29, 0.717) is 16.4 Å². The molecule has 1 aliphatic rings.